The predicted octanol–water partition coefficient (Wildman–Crippen LogP) is 1.46. The Morgan fingerprint density at radius 3 is 2.52 bits per heavy atom. The fourth-order valence-electron chi connectivity index (χ4n) is 2.21. The molecule has 21 heavy (non-hydrogen) atoms. The highest BCUT2D eigenvalue weighted by Crippen LogP contribution is 2.27. The minimum atomic E-state index is -1.21. The first kappa shape index (κ1) is 16.8. The topological polar surface area (TPSA) is 99.8 Å². The minimum absolute atomic E-state index is 0.0414. The van der Waals surface area contributed by atoms with E-state index in [1.165, 1.54) is 6.07 Å². The fraction of sp³-hybridized carbons (Fsp3) is 0.538. The summed E-state index contributed by atoms with van der Waals surface area (Å²) in [4.78, 5) is 29.3. The molecule has 0 aliphatic heterocycles. The van der Waals surface area contributed by atoms with Crippen LogP contribution in [0.1, 0.15) is 24.3 Å². The van der Waals surface area contributed by atoms with Gasteiger partial charge in [0.1, 0.15) is 0 Å². The number of pyridine rings is 1. The minimum Gasteiger partial charge on any atom is -0.477 e. The number of carboxylic acids is 1. The summed E-state index contributed by atoms with van der Waals surface area (Å²) in [5, 5.41) is 20.2. The summed E-state index contributed by atoms with van der Waals surface area (Å²) in [6.45, 7) is 4.93. The average Bonchev–Trinajstić information content (AvgIpc) is 2.38. The Balaban J connectivity index is 3.30. The number of carbonyl (C=O) groups is 1. The highest BCUT2D eigenvalue weighted by molar-refractivity contribution is 5.86. The van der Waals surface area contributed by atoms with Crippen molar-refractivity contribution >= 4 is 17.5 Å². The maximum Gasteiger partial charge on any atom is 0.354 e. The molecule has 0 bridgehead atoms. The van der Waals surface area contributed by atoms with Crippen molar-refractivity contribution in [1.29, 1.82) is 0 Å². The molecule has 1 atom stereocenters. The number of hydrogen-bond donors (Lipinski definition) is 1. The number of hydrogen-bond acceptors (Lipinski definition) is 6. The van der Waals surface area contributed by atoms with E-state index >= 15 is 0 Å². The lowest BCUT2D eigenvalue weighted by molar-refractivity contribution is -0.384. The first-order chi connectivity index (χ1) is 9.77. The molecule has 1 aromatic rings. The molecule has 1 heterocycles. The maximum absolute atomic E-state index is 11.1. The van der Waals surface area contributed by atoms with Crippen molar-refractivity contribution < 1.29 is 14.8 Å². The maximum atomic E-state index is 11.1. The van der Waals surface area contributed by atoms with E-state index in [-0.39, 0.29) is 23.2 Å². The molecule has 0 aromatic carbocycles. The van der Waals surface area contributed by atoms with E-state index in [9.17, 15) is 14.9 Å². The van der Waals surface area contributed by atoms with Crippen molar-refractivity contribution in [3.05, 3.63) is 27.9 Å². The Bertz CT molecular complexity index is 533. The zero-order valence-electron chi connectivity index (χ0n) is 12.6. The smallest absolute Gasteiger partial charge is 0.354 e. The zero-order valence-corrected chi connectivity index (χ0v) is 12.6. The van der Waals surface area contributed by atoms with Gasteiger partial charge in [0.15, 0.2) is 5.69 Å². The molecule has 0 fully saturated rings. The Hall–Kier alpha value is -2.22. The van der Waals surface area contributed by atoms with E-state index < -0.39 is 10.9 Å². The lowest BCUT2D eigenvalue weighted by atomic mass is 10.2. The van der Waals surface area contributed by atoms with Gasteiger partial charge in [0, 0.05) is 25.2 Å². The van der Waals surface area contributed by atoms with Gasteiger partial charge in [-0.1, -0.05) is 0 Å². The molecular formula is C13H20N4O4. The highest BCUT2D eigenvalue weighted by Gasteiger charge is 2.25. The fourth-order valence-corrected chi connectivity index (χ4v) is 2.21. The quantitative estimate of drug-likeness (QED) is 0.600. The molecule has 8 heteroatoms. The summed E-state index contributed by atoms with van der Waals surface area (Å²) in [6.07, 6.45) is 0. The van der Waals surface area contributed by atoms with Gasteiger partial charge in [0.05, 0.1) is 4.92 Å². The molecule has 0 amide bonds. The van der Waals surface area contributed by atoms with Gasteiger partial charge in [-0.15, -0.1) is 0 Å². The second-order valence-corrected chi connectivity index (χ2v) is 5.00. The van der Waals surface area contributed by atoms with Crippen LogP contribution in [0.5, 0.6) is 0 Å². The number of nitrogens with zero attached hydrogens (tertiary/aromatic N) is 4. The van der Waals surface area contributed by atoms with Crippen LogP contribution in [0, 0.1) is 10.1 Å². The molecule has 8 nitrogen and oxygen atoms in total. The number of rotatable bonds is 7. The van der Waals surface area contributed by atoms with E-state index in [0.717, 1.165) is 6.07 Å². The molecule has 0 saturated carbocycles. The molecule has 0 saturated heterocycles. The van der Waals surface area contributed by atoms with Crippen LogP contribution < -0.4 is 4.90 Å². The third-order valence-electron chi connectivity index (χ3n) is 3.04. The Kier molecular flexibility index (Phi) is 5.60. The number of aromatic carboxylic acids is 1. The predicted molar refractivity (Wildman–Crippen MR) is 78.9 cm³/mol. The Morgan fingerprint density at radius 1 is 1.48 bits per heavy atom. The van der Waals surface area contributed by atoms with Crippen molar-refractivity contribution in [1.82, 2.24) is 9.88 Å². The number of likely N-dealkylation sites (N-methyl/N-ethyl adjacent to an activating group) is 2. The molecular weight excluding hydrogens is 276 g/mol. The standard InChI is InChI=1S/C13H20N4O4/c1-5-16(9(2)8-15(3)4)12-11(17(20)21)7-6-10(14-12)13(18)19/h6-7,9H,5,8H2,1-4H3,(H,18,19). The molecule has 0 radical (unpaired) electrons. The van der Waals surface area contributed by atoms with Gasteiger partial charge in [-0.25, -0.2) is 9.78 Å². The lowest BCUT2D eigenvalue weighted by Gasteiger charge is -2.30. The number of nitro groups is 1. The van der Waals surface area contributed by atoms with E-state index in [4.69, 9.17) is 5.11 Å². The summed E-state index contributed by atoms with van der Waals surface area (Å²) < 4.78 is 0. The second-order valence-electron chi connectivity index (χ2n) is 5.00. The summed E-state index contributed by atoms with van der Waals surface area (Å²) in [5.74, 6) is -1.11. The summed E-state index contributed by atoms with van der Waals surface area (Å²) in [7, 11) is 3.81. The summed E-state index contributed by atoms with van der Waals surface area (Å²) >= 11 is 0. The van der Waals surface area contributed by atoms with Crippen LogP contribution >= 0.6 is 0 Å². The molecule has 0 aliphatic rings. The van der Waals surface area contributed by atoms with Gasteiger partial charge >= 0.3 is 11.7 Å². The summed E-state index contributed by atoms with van der Waals surface area (Å²) in [5.41, 5.74) is -0.390. The van der Waals surface area contributed by atoms with E-state index in [1.54, 1.807) is 4.90 Å². The van der Waals surface area contributed by atoms with Crippen LogP contribution in [-0.2, 0) is 0 Å². The van der Waals surface area contributed by atoms with E-state index in [1.807, 2.05) is 32.8 Å². The number of carboxylic acid groups (broad SMARTS) is 1. The van der Waals surface area contributed by atoms with Gasteiger partial charge < -0.3 is 14.9 Å². The lowest BCUT2D eigenvalue weighted by Crippen LogP contribution is -2.41. The van der Waals surface area contributed by atoms with Gasteiger partial charge in [-0.05, 0) is 34.0 Å². The number of aromatic nitrogens is 1. The molecule has 1 unspecified atom stereocenters. The third-order valence-corrected chi connectivity index (χ3v) is 3.04. The van der Waals surface area contributed by atoms with E-state index in [2.05, 4.69) is 4.98 Å². The average molecular weight is 296 g/mol. The van der Waals surface area contributed by atoms with Crippen molar-refractivity contribution in [3.63, 3.8) is 0 Å². The van der Waals surface area contributed by atoms with Crippen LogP contribution in [0.25, 0.3) is 0 Å². The van der Waals surface area contributed by atoms with E-state index in [0.29, 0.717) is 13.1 Å². The third kappa shape index (κ3) is 4.12. The van der Waals surface area contributed by atoms with Gasteiger partial charge in [0.2, 0.25) is 5.82 Å². The first-order valence-corrected chi connectivity index (χ1v) is 6.58. The highest BCUT2D eigenvalue weighted by atomic mass is 16.6. The van der Waals surface area contributed by atoms with Gasteiger partial charge in [0.25, 0.3) is 0 Å². The van der Waals surface area contributed by atoms with Crippen LogP contribution in [0.15, 0.2) is 12.1 Å². The van der Waals surface area contributed by atoms with Crippen LogP contribution in [0.3, 0.4) is 0 Å². The first-order valence-electron chi connectivity index (χ1n) is 6.58. The monoisotopic (exact) mass is 296 g/mol. The molecule has 1 rings (SSSR count). The van der Waals surface area contributed by atoms with Crippen molar-refractivity contribution in [2.75, 3.05) is 32.1 Å². The Labute approximate surface area is 123 Å². The molecule has 0 spiro atoms. The zero-order chi connectivity index (χ0) is 16.2. The normalized spacial score (nSPS) is 12.2. The van der Waals surface area contributed by atoms with Crippen LogP contribution in [-0.4, -0.2) is 59.1 Å². The van der Waals surface area contributed by atoms with Gasteiger partial charge in [-0.3, -0.25) is 10.1 Å². The Morgan fingerprint density at radius 2 is 2.10 bits per heavy atom. The number of anilines is 1. The van der Waals surface area contributed by atoms with Crippen LogP contribution in [0.2, 0.25) is 0 Å². The van der Waals surface area contributed by atoms with Crippen molar-refractivity contribution in [2.45, 2.75) is 19.9 Å². The van der Waals surface area contributed by atoms with Crippen molar-refractivity contribution in [2.24, 2.45) is 0 Å². The second kappa shape index (κ2) is 6.98. The largest absolute Gasteiger partial charge is 0.477 e. The molecule has 1 aromatic heterocycles. The molecule has 1 N–H and O–H groups in total. The van der Waals surface area contributed by atoms with Gasteiger partial charge in [-0.2, -0.15) is 0 Å². The summed E-state index contributed by atoms with van der Waals surface area (Å²) in [6, 6.07) is 2.30. The SMILES string of the molecule is CCN(c1nc(C(=O)O)ccc1[N+](=O)[O-])C(C)CN(C)C. The molecule has 116 valence electrons. The van der Waals surface area contributed by atoms with Crippen LogP contribution in [0.4, 0.5) is 11.5 Å². The van der Waals surface area contributed by atoms with Crippen molar-refractivity contribution in [3.8, 4) is 0 Å². The molecule has 0 aliphatic carbocycles.